The molecule has 1 aromatic carbocycles. The zero-order chi connectivity index (χ0) is 15.8. The number of unbranched alkanes of at least 4 members (excludes halogenated alkanes) is 3. The molecule has 1 aromatic heterocycles. The van der Waals surface area contributed by atoms with Crippen LogP contribution in [0.15, 0.2) is 24.3 Å². The van der Waals surface area contributed by atoms with E-state index >= 15 is 0 Å². The molecular weight excluding hydrogens is 276 g/mol. The number of ether oxygens (including phenoxy) is 2. The summed E-state index contributed by atoms with van der Waals surface area (Å²) in [5.74, 6) is 1.63. The molecular formula is C18H26N2O2. The van der Waals surface area contributed by atoms with Crippen molar-refractivity contribution in [3.63, 3.8) is 0 Å². The lowest BCUT2D eigenvalue weighted by Gasteiger charge is -2.10. The molecule has 4 nitrogen and oxygen atoms in total. The highest BCUT2D eigenvalue weighted by molar-refractivity contribution is 5.39. The number of rotatable bonds is 9. The van der Waals surface area contributed by atoms with Crippen LogP contribution in [0.5, 0.6) is 11.5 Å². The van der Waals surface area contributed by atoms with Gasteiger partial charge in [0.2, 0.25) is 0 Å². The average Bonchev–Trinajstić information content (AvgIpc) is 2.86. The number of H-pyrrole nitrogens is 1. The van der Waals surface area contributed by atoms with E-state index in [0.717, 1.165) is 36.6 Å². The third-order valence-electron chi connectivity index (χ3n) is 3.93. The Morgan fingerprint density at radius 1 is 1.00 bits per heavy atom. The Bertz CT molecular complexity index is 559. The molecule has 0 atom stereocenters. The van der Waals surface area contributed by atoms with Crippen molar-refractivity contribution in [1.29, 1.82) is 0 Å². The Balaban J connectivity index is 1.60. The Hall–Kier alpha value is -1.97. The summed E-state index contributed by atoms with van der Waals surface area (Å²) in [5.41, 5.74) is 3.72. The number of benzene rings is 1. The highest BCUT2D eigenvalue weighted by Crippen LogP contribution is 2.25. The number of hydrogen-bond donors (Lipinski definition) is 1. The van der Waals surface area contributed by atoms with Gasteiger partial charge in [-0.05, 0) is 50.8 Å². The number of aromatic amines is 1. The summed E-state index contributed by atoms with van der Waals surface area (Å²) < 4.78 is 11.0. The number of aromatic nitrogens is 2. The second kappa shape index (κ2) is 8.47. The van der Waals surface area contributed by atoms with Gasteiger partial charge in [0.1, 0.15) is 0 Å². The van der Waals surface area contributed by atoms with Crippen molar-refractivity contribution in [3.8, 4) is 11.5 Å². The van der Waals surface area contributed by atoms with Crippen molar-refractivity contribution in [2.24, 2.45) is 0 Å². The van der Waals surface area contributed by atoms with E-state index in [1.54, 1.807) is 7.11 Å². The summed E-state index contributed by atoms with van der Waals surface area (Å²) in [5, 5.41) is 7.28. The third kappa shape index (κ3) is 4.52. The van der Waals surface area contributed by atoms with Gasteiger partial charge in [-0.2, -0.15) is 5.10 Å². The van der Waals surface area contributed by atoms with Gasteiger partial charge in [0.25, 0.3) is 0 Å². The van der Waals surface area contributed by atoms with Crippen molar-refractivity contribution in [3.05, 3.63) is 41.2 Å². The van der Waals surface area contributed by atoms with E-state index in [4.69, 9.17) is 9.47 Å². The van der Waals surface area contributed by atoms with Gasteiger partial charge in [0.05, 0.1) is 19.4 Å². The Morgan fingerprint density at radius 2 is 1.73 bits per heavy atom. The van der Waals surface area contributed by atoms with Gasteiger partial charge < -0.3 is 9.47 Å². The van der Waals surface area contributed by atoms with Gasteiger partial charge in [-0.1, -0.05) is 25.0 Å². The minimum absolute atomic E-state index is 0.740. The normalized spacial score (nSPS) is 10.7. The fraction of sp³-hybridized carbons (Fsp3) is 0.500. The molecule has 1 heterocycles. The number of para-hydroxylation sites is 2. The molecule has 0 radical (unpaired) electrons. The molecule has 0 unspecified atom stereocenters. The van der Waals surface area contributed by atoms with Crippen LogP contribution in [0.2, 0.25) is 0 Å². The second-order valence-corrected chi connectivity index (χ2v) is 5.58. The first-order valence-electron chi connectivity index (χ1n) is 7.98. The predicted octanol–water partition coefficient (Wildman–Crippen LogP) is 4.22. The molecule has 0 saturated carbocycles. The average molecular weight is 302 g/mol. The summed E-state index contributed by atoms with van der Waals surface area (Å²) in [6, 6.07) is 7.78. The molecule has 2 rings (SSSR count). The molecule has 2 aromatic rings. The number of nitrogens with zero attached hydrogens (tertiary/aromatic N) is 1. The second-order valence-electron chi connectivity index (χ2n) is 5.58. The van der Waals surface area contributed by atoms with Gasteiger partial charge in [-0.3, -0.25) is 5.10 Å². The molecule has 0 amide bonds. The summed E-state index contributed by atoms with van der Waals surface area (Å²) in [4.78, 5) is 0. The zero-order valence-electron chi connectivity index (χ0n) is 13.8. The quantitative estimate of drug-likeness (QED) is 0.706. The standard InChI is InChI=1S/C18H26N2O2/c1-14-16(15(2)20-19-14)10-6-4-5-9-13-22-18-12-8-7-11-17(18)21-3/h7-8,11-12H,4-6,9-10,13H2,1-3H3,(H,19,20). The SMILES string of the molecule is COc1ccccc1OCCCCCCc1c(C)n[nH]c1C. The first-order chi connectivity index (χ1) is 10.7. The third-order valence-corrected chi connectivity index (χ3v) is 3.93. The van der Waals surface area contributed by atoms with Crippen LogP contribution in [0.3, 0.4) is 0 Å². The van der Waals surface area contributed by atoms with Crippen LogP contribution in [-0.2, 0) is 6.42 Å². The van der Waals surface area contributed by atoms with E-state index in [2.05, 4.69) is 24.0 Å². The minimum Gasteiger partial charge on any atom is -0.493 e. The van der Waals surface area contributed by atoms with Crippen molar-refractivity contribution in [2.75, 3.05) is 13.7 Å². The Morgan fingerprint density at radius 3 is 2.41 bits per heavy atom. The summed E-state index contributed by atoms with van der Waals surface area (Å²) in [7, 11) is 1.67. The Labute approximate surface area is 132 Å². The van der Waals surface area contributed by atoms with Crippen molar-refractivity contribution >= 4 is 0 Å². The monoisotopic (exact) mass is 302 g/mol. The summed E-state index contributed by atoms with van der Waals surface area (Å²) in [6.45, 7) is 4.90. The molecule has 4 heteroatoms. The maximum absolute atomic E-state index is 5.78. The molecule has 0 saturated heterocycles. The van der Waals surface area contributed by atoms with Crippen LogP contribution >= 0.6 is 0 Å². The van der Waals surface area contributed by atoms with E-state index in [1.807, 2.05) is 24.3 Å². The predicted molar refractivity (Wildman–Crippen MR) is 88.7 cm³/mol. The van der Waals surface area contributed by atoms with Crippen LogP contribution in [0.4, 0.5) is 0 Å². The van der Waals surface area contributed by atoms with Gasteiger partial charge in [0, 0.05) is 5.69 Å². The van der Waals surface area contributed by atoms with Crippen molar-refractivity contribution in [1.82, 2.24) is 10.2 Å². The van der Waals surface area contributed by atoms with Crippen LogP contribution in [-0.4, -0.2) is 23.9 Å². The van der Waals surface area contributed by atoms with Gasteiger partial charge in [-0.15, -0.1) is 0 Å². The Kier molecular flexibility index (Phi) is 6.31. The first kappa shape index (κ1) is 16.4. The molecule has 0 aliphatic heterocycles. The van der Waals surface area contributed by atoms with E-state index in [-0.39, 0.29) is 0 Å². The molecule has 22 heavy (non-hydrogen) atoms. The van der Waals surface area contributed by atoms with Gasteiger partial charge >= 0.3 is 0 Å². The van der Waals surface area contributed by atoms with Crippen LogP contribution in [0.25, 0.3) is 0 Å². The molecule has 0 aliphatic rings. The molecule has 0 fully saturated rings. The number of nitrogens with one attached hydrogen (secondary N) is 1. The minimum atomic E-state index is 0.740. The fourth-order valence-corrected chi connectivity index (χ4v) is 2.62. The topological polar surface area (TPSA) is 47.1 Å². The van der Waals surface area contributed by atoms with E-state index in [0.29, 0.717) is 0 Å². The fourth-order valence-electron chi connectivity index (χ4n) is 2.62. The lowest BCUT2D eigenvalue weighted by molar-refractivity contribution is 0.285. The maximum Gasteiger partial charge on any atom is 0.161 e. The first-order valence-corrected chi connectivity index (χ1v) is 7.98. The smallest absolute Gasteiger partial charge is 0.161 e. The molecule has 0 bridgehead atoms. The maximum atomic E-state index is 5.78. The van der Waals surface area contributed by atoms with E-state index in [9.17, 15) is 0 Å². The van der Waals surface area contributed by atoms with E-state index < -0.39 is 0 Å². The summed E-state index contributed by atoms with van der Waals surface area (Å²) >= 11 is 0. The van der Waals surface area contributed by atoms with Crippen LogP contribution in [0, 0.1) is 13.8 Å². The molecule has 1 N–H and O–H groups in total. The van der Waals surface area contributed by atoms with Crippen molar-refractivity contribution in [2.45, 2.75) is 46.0 Å². The molecule has 0 spiro atoms. The molecule has 0 aliphatic carbocycles. The number of aryl methyl sites for hydroxylation is 2. The molecule has 120 valence electrons. The van der Waals surface area contributed by atoms with Gasteiger partial charge in [-0.25, -0.2) is 0 Å². The number of hydrogen-bond acceptors (Lipinski definition) is 3. The van der Waals surface area contributed by atoms with Gasteiger partial charge in [0.15, 0.2) is 11.5 Å². The largest absolute Gasteiger partial charge is 0.493 e. The lowest BCUT2D eigenvalue weighted by atomic mass is 10.0. The van der Waals surface area contributed by atoms with Crippen LogP contribution in [0.1, 0.15) is 42.6 Å². The van der Waals surface area contributed by atoms with Crippen LogP contribution < -0.4 is 9.47 Å². The number of methoxy groups -OCH3 is 1. The zero-order valence-corrected chi connectivity index (χ0v) is 13.8. The summed E-state index contributed by atoms with van der Waals surface area (Å²) in [6.07, 6.45) is 5.79. The highest BCUT2D eigenvalue weighted by atomic mass is 16.5. The highest BCUT2D eigenvalue weighted by Gasteiger charge is 2.05. The van der Waals surface area contributed by atoms with E-state index in [1.165, 1.54) is 30.5 Å². The van der Waals surface area contributed by atoms with Crippen molar-refractivity contribution < 1.29 is 9.47 Å². The lowest BCUT2D eigenvalue weighted by Crippen LogP contribution is -1.99.